The summed E-state index contributed by atoms with van der Waals surface area (Å²) in [7, 11) is 0. The van der Waals surface area contributed by atoms with E-state index in [0.29, 0.717) is 12.1 Å². The molecule has 1 fully saturated rings. The lowest BCUT2D eigenvalue weighted by molar-refractivity contribution is 0.179. The fourth-order valence-corrected chi connectivity index (χ4v) is 3.12. The van der Waals surface area contributed by atoms with E-state index in [-0.39, 0.29) is 0 Å². The molecule has 18 heavy (non-hydrogen) atoms. The van der Waals surface area contributed by atoms with Gasteiger partial charge in [-0.15, -0.1) is 0 Å². The van der Waals surface area contributed by atoms with E-state index in [1.54, 1.807) is 0 Å². The van der Waals surface area contributed by atoms with Crippen molar-refractivity contribution >= 4 is 0 Å². The lowest BCUT2D eigenvalue weighted by Gasteiger charge is -2.32. The van der Waals surface area contributed by atoms with E-state index in [0.717, 1.165) is 19.0 Å². The lowest BCUT2D eigenvalue weighted by Crippen LogP contribution is -2.48. The molecule has 0 saturated carbocycles. The second-order valence-electron chi connectivity index (χ2n) is 6.22. The lowest BCUT2D eigenvalue weighted by atomic mass is 9.98. The van der Waals surface area contributed by atoms with Gasteiger partial charge in [0.15, 0.2) is 0 Å². The Balaban J connectivity index is 2.54. The Bertz CT molecular complexity index is 295. The minimum absolute atomic E-state index is 0.354. The Hall–Kier alpha value is -0.590. The van der Waals surface area contributed by atoms with Crippen LogP contribution in [0.1, 0.15) is 60.3 Å². The quantitative estimate of drug-likeness (QED) is 0.789. The second kappa shape index (κ2) is 6.54. The number of nitriles is 1. The fraction of sp³-hybridized carbons (Fsp3) is 0.933. The first-order valence-electron chi connectivity index (χ1n) is 7.36. The third kappa shape index (κ3) is 3.96. The molecule has 1 heterocycles. The summed E-state index contributed by atoms with van der Waals surface area (Å²) in [5.74, 6) is 0. The van der Waals surface area contributed by atoms with Gasteiger partial charge >= 0.3 is 0 Å². The SMILES string of the molecule is CCC1CCC(C)N1CCC(C)(C#N)NC(C)C. The number of hydrogen-bond donors (Lipinski definition) is 1. The molecule has 0 amide bonds. The van der Waals surface area contributed by atoms with Crippen molar-refractivity contribution in [2.24, 2.45) is 0 Å². The number of likely N-dealkylation sites (tertiary alicyclic amines) is 1. The minimum Gasteiger partial charge on any atom is -0.298 e. The maximum Gasteiger partial charge on any atom is 0.105 e. The largest absolute Gasteiger partial charge is 0.298 e. The zero-order valence-corrected chi connectivity index (χ0v) is 12.7. The molecule has 3 atom stereocenters. The highest BCUT2D eigenvalue weighted by Crippen LogP contribution is 2.27. The van der Waals surface area contributed by atoms with E-state index in [1.165, 1.54) is 19.3 Å². The van der Waals surface area contributed by atoms with Crippen LogP contribution in [0, 0.1) is 11.3 Å². The van der Waals surface area contributed by atoms with Gasteiger partial charge in [-0.05, 0) is 53.4 Å². The van der Waals surface area contributed by atoms with Crippen LogP contribution in [0.4, 0.5) is 0 Å². The molecule has 1 rings (SSSR count). The van der Waals surface area contributed by atoms with Crippen LogP contribution >= 0.6 is 0 Å². The average Bonchev–Trinajstić information content (AvgIpc) is 2.66. The number of rotatable bonds is 6. The molecule has 1 saturated heterocycles. The van der Waals surface area contributed by atoms with Gasteiger partial charge in [0.25, 0.3) is 0 Å². The standard InChI is InChI=1S/C15H29N3/c1-6-14-8-7-13(4)18(14)10-9-15(5,11-16)17-12(2)3/h12-14,17H,6-10H2,1-5H3. The van der Waals surface area contributed by atoms with Gasteiger partial charge in [0, 0.05) is 24.7 Å². The van der Waals surface area contributed by atoms with Crippen molar-refractivity contribution < 1.29 is 0 Å². The predicted molar refractivity (Wildman–Crippen MR) is 76.4 cm³/mol. The molecule has 0 aromatic heterocycles. The molecule has 1 aliphatic heterocycles. The number of nitrogens with zero attached hydrogens (tertiary/aromatic N) is 2. The van der Waals surface area contributed by atoms with Crippen LogP contribution in [0.5, 0.6) is 0 Å². The van der Waals surface area contributed by atoms with Gasteiger partial charge < -0.3 is 0 Å². The summed E-state index contributed by atoms with van der Waals surface area (Å²) in [5, 5.41) is 12.8. The number of hydrogen-bond acceptors (Lipinski definition) is 3. The summed E-state index contributed by atoms with van der Waals surface area (Å²) in [6, 6.07) is 4.20. The molecule has 0 spiro atoms. The average molecular weight is 251 g/mol. The zero-order valence-electron chi connectivity index (χ0n) is 12.7. The molecule has 3 heteroatoms. The maximum atomic E-state index is 9.37. The van der Waals surface area contributed by atoms with E-state index in [1.807, 2.05) is 6.92 Å². The Kier molecular flexibility index (Phi) is 5.62. The molecule has 0 radical (unpaired) electrons. The molecule has 3 unspecified atom stereocenters. The van der Waals surface area contributed by atoms with Crippen molar-refractivity contribution in [2.75, 3.05) is 6.54 Å². The minimum atomic E-state index is -0.394. The zero-order chi connectivity index (χ0) is 13.8. The summed E-state index contributed by atoms with van der Waals surface area (Å²) < 4.78 is 0. The highest BCUT2D eigenvalue weighted by Gasteiger charge is 2.32. The third-order valence-corrected chi connectivity index (χ3v) is 4.15. The summed E-state index contributed by atoms with van der Waals surface area (Å²) in [6.45, 7) is 11.8. The van der Waals surface area contributed by atoms with Gasteiger partial charge in [0.1, 0.15) is 5.54 Å². The van der Waals surface area contributed by atoms with E-state index in [9.17, 15) is 5.26 Å². The summed E-state index contributed by atoms with van der Waals surface area (Å²) in [4.78, 5) is 2.59. The molecule has 0 bridgehead atoms. The molecule has 0 aliphatic carbocycles. The normalized spacial score (nSPS) is 28.3. The Morgan fingerprint density at radius 2 is 2.11 bits per heavy atom. The van der Waals surface area contributed by atoms with Crippen LogP contribution in [0.25, 0.3) is 0 Å². The van der Waals surface area contributed by atoms with Crippen LogP contribution in [0.15, 0.2) is 0 Å². The summed E-state index contributed by atoms with van der Waals surface area (Å²) in [6.07, 6.45) is 4.76. The topological polar surface area (TPSA) is 39.1 Å². The van der Waals surface area contributed by atoms with Crippen molar-refractivity contribution in [3.05, 3.63) is 0 Å². The molecular weight excluding hydrogens is 222 g/mol. The van der Waals surface area contributed by atoms with Crippen LogP contribution in [0.2, 0.25) is 0 Å². The van der Waals surface area contributed by atoms with Crippen molar-refractivity contribution in [1.29, 1.82) is 5.26 Å². The van der Waals surface area contributed by atoms with Gasteiger partial charge in [-0.25, -0.2) is 0 Å². The third-order valence-electron chi connectivity index (χ3n) is 4.15. The van der Waals surface area contributed by atoms with Crippen LogP contribution in [0.3, 0.4) is 0 Å². The Labute approximate surface area is 113 Å². The maximum absolute atomic E-state index is 9.37. The highest BCUT2D eigenvalue weighted by atomic mass is 15.2. The van der Waals surface area contributed by atoms with Crippen LogP contribution < -0.4 is 5.32 Å². The molecule has 1 aliphatic rings. The smallest absolute Gasteiger partial charge is 0.105 e. The fourth-order valence-electron chi connectivity index (χ4n) is 3.12. The van der Waals surface area contributed by atoms with Crippen molar-refractivity contribution in [2.45, 2.75) is 84.0 Å². The monoisotopic (exact) mass is 251 g/mol. The van der Waals surface area contributed by atoms with E-state index in [4.69, 9.17) is 0 Å². The molecule has 104 valence electrons. The van der Waals surface area contributed by atoms with Gasteiger partial charge in [-0.3, -0.25) is 10.2 Å². The Morgan fingerprint density at radius 1 is 1.44 bits per heavy atom. The van der Waals surface area contributed by atoms with Gasteiger partial charge in [0.2, 0.25) is 0 Å². The summed E-state index contributed by atoms with van der Waals surface area (Å²) in [5.41, 5.74) is -0.394. The van der Waals surface area contributed by atoms with E-state index >= 15 is 0 Å². The van der Waals surface area contributed by atoms with Crippen LogP contribution in [-0.4, -0.2) is 35.1 Å². The van der Waals surface area contributed by atoms with Gasteiger partial charge in [-0.1, -0.05) is 6.92 Å². The molecule has 3 nitrogen and oxygen atoms in total. The first kappa shape index (κ1) is 15.5. The van der Waals surface area contributed by atoms with Gasteiger partial charge in [-0.2, -0.15) is 5.26 Å². The van der Waals surface area contributed by atoms with E-state index < -0.39 is 5.54 Å². The number of nitrogens with one attached hydrogen (secondary N) is 1. The first-order valence-corrected chi connectivity index (χ1v) is 7.36. The highest BCUT2D eigenvalue weighted by molar-refractivity contribution is 5.05. The van der Waals surface area contributed by atoms with Crippen LogP contribution in [-0.2, 0) is 0 Å². The van der Waals surface area contributed by atoms with Crippen molar-refractivity contribution in [3.8, 4) is 6.07 Å². The molecule has 0 aromatic rings. The van der Waals surface area contributed by atoms with Crippen molar-refractivity contribution in [1.82, 2.24) is 10.2 Å². The molecular formula is C15H29N3. The summed E-state index contributed by atoms with van der Waals surface area (Å²) >= 11 is 0. The second-order valence-corrected chi connectivity index (χ2v) is 6.22. The Morgan fingerprint density at radius 3 is 2.61 bits per heavy atom. The van der Waals surface area contributed by atoms with Crippen molar-refractivity contribution in [3.63, 3.8) is 0 Å². The first-order chi connectivity index (χ1) is 8.41. The predicted octanol–water partition coefficient (Wildman–Crippen LogP) is 2.92. The van der Waals surface area contributed by atoms with E-state index in [2.05, 4.69) is 44.0 Å². The van der Waals surface area contributed by atoms with Gasteiger partial charge in [0.05, 0.1) is 6.07 Å². The molecule has 1 N–H and O–H groups in total. The molecule has 0 aromatic carbocycles.